The number of ether oxygens (including phenoxy) is 1. The molecule has 1 fully saturated rings. The molecule has 0 aromatic heterocycles. The molecule has 0 aliphatic heterocycles. The maximum Gasteiger partial charge on any atom is 0.248 e. The van der Waals surface area contributed by atoms with E-state index in [1.807, 2.05) is 6.07 Å². The molecule has 0 bridgehead atoms. The molecule has 5 heteroatoms. The van der Waals surface area contributed by atoms with Gasteiger partial charge in [-0.05, 0) is 66.5 Å². The predicted octanol–water partition coefficient (Wildman–Crippen LogP) is 4.94. The summed E-state index contributed by atoms with van der Waals surface area (Å²) >= 11 is 0. The largest absolute Gasteiger partial charge is 0.496 e. The fourth-order valence-electron chi connectivity index (χ4n) is 3.80. The van der Waals surface area contributed by atoms with E-state index >= 15 is 0 Å². The molecule has 1 amide bonds. The molecule has 0 heterocycles. The number of hydrogen-bond acceptors (Lipinski definition) is 3. The Labute approximate surface area is 174 Å². The number of benzene rings is 2. The average Bonchev–Trinajstić information content (AvgIpc) is 2.66. The first-order valence-corrected chi connectivity index (χ1v) is 9.68. The van der Waals surface area contributed by atoms with Crippen molar-refractivity contribution >= 4 is 18.3 Å². The molecular weight excluding hydrogens is 372 g/mol. The van der Waals surface area contributed by atoms with Crippen LogP contribution in [-0.4, -0.2) is 19.1 Å². The SMILES string of the molecule is COc1cc(C(N)=O)ccc1-c1cccc(CNC2CCC(C)(C)CC2)c1.Cl. The van der Waals surface area contributed by atoms with Crippen molar-refractivity contribution in [3.8, 4) is 16.9 Å². The number of nitrogens with one attached hydrogen (secondary N) is 1. The highest BCUT2D eigenvalue weighted by atomic mass is 35.5. The number of nitrogens with two attached hydrogens (primary N) is 1. The number of primary amides is 1. The van der Waals surface area contributed by atoms with Crippen LogP contribution in [0.5, 0.6) is 5.75 Å². The lowest BCUT2D eigenvalue weighted by Gasteiger charge is -2.34. The Bertz CT molecular complexity index is 810. The quantitative estimate of drug-likeness (QED) is 0.719. The van der Waals surface area contributed by atoms with Gasteiger partial charge in [0.15, 0.2) is 0 Å². The van der Waals surface area contributed by atoms with Crippen LogP contribution >= 0.6 is 12.4 Å². The minimum Gasteiger partial charge on any atom is -0.496 e. The monoisotopic (exact) mass is 402 g/mol. The number of hydrogen-bond donors (Lipinski definition) is 2. The molecule has 0 unspecified atom stereocenters. The lowest BCUT2D eigenvalue weighted by Crippen LogP contribution is -2.35. The van der Waals surface area contributed by atoms with Gasteiger partial charge in [0.05, 0.1) is 7.11 Å². The number of halogens is 1. The van der Waals surface area contributed by atoms with Crippen molar-refractivity contribution in [3.05, 3.63) is 53.6 Å². The Hall–Kier alpha value is -2.04. The number of amides is 1. The van der Waals surface area contributed by atoms with Crippen LogP contribution in [-0.2, 0) is 6.54 Å². The highest BCUT2D eigenvalue weighted by Crippen LogP contribution is 2.35. The van der Waals surface area contributed by atoms with E-state index in [2.05, 4.69) is 43.4 Å². The molecule has 0 saturated heterocycles. The van der Waals surface area contributed by atoms with E-state index in [9.17, 15) is 4.79 Å². The van der Waals surface area contributed by atoms with Crippen molar-refractivity contribution in [2.45, 2.75) is 52.1 Å². The van der Waals surface area contributed by atoms with E-state index < -0.39 is 5.91 Å². The second-order valence-corrected chi connectivity index (χ2v) is 8.30. The predicted molar refractivity (Wildman–Crippen MR) is 117 cm³/mol. The fraction of sp³-hybridized carbons (Fsp3) is 0.435. The summed E-state index contributed by atoms with van der Waals surface area (Å²) in [4.78, 5) is 11.4. The van der Waals surface area contributed by atoms with Gasteiger partial charge in [-0.25, -0.2) is 0 Å². The molecule has 1 aliphatic carbocycles. The molecule has 2 aromatic carbocycles. The van der Waals surface area contributed by atoms with Gasteiger partial charge >= 0.3 is 0 Å². The lowest BCUT2D eigenvalue weighted by molar-refractivity contribution is 0.1000. The third-order valence-corrected chi connectivity index (χ3v) is 5.66. The minimum absolute atomic E-state index is 0. The second kappa shape index (κ2) is 9.44. The van der Waals surface area contributed by atoms with Crippen LogP contribution in [0.15, 0.2) is 42.5 Å². The topological polar surface area (TPSA) is 64.3 Å². The molecule has 1 aliphatic rings. The maximum atomic E-state index is 11.4. The summed E-state index contributed by atoms with van der Waals surface area (Å²) in [5.41, 5.74) is 9.61. The molecular formula is C23H31ClN2O2. The molecule has 4 nitrogen and oxygen atoms in total. The Balaban J connectivity index is 0.00000280. The second-order valence-electron chi connectivity index (χ2n) is 8.30. The molecule has 0 spiro atoms. The number of carbonyl (C=O) groups is 1. The number of rotatable bonds is 6. The zero-order valence-electron chi connectivity index (χ0n) is 17.0. The zero-order chi connectivity index (χ0) is 19.4. The van der Waals surface area contributed by atoms with Crippen molar-refractivity contribution in [2.75, 3.05) is 7.11 Å². The molecule has 1 saturated carbocycles. The van der Waals surface area contributed by atoms with Crippen molar-refractivity contribution in [3.63, 3.8) is 0 Å². The molecule has 2 aromatic rings. The molecule has 28 heavy (non-hydrogen) atoms. The van der Waals surface area contributed by atoms with Crippen molar-refractivity contribution < 1.29 is 9.53 Å². The number of methoxy groups -OCH3 is 1. The van der Waals surface area contributed by atoms with Gasteiger partial charge in [0.2, 0.25) is 5.91 Å². The highest BCUT2D eigenvalue weighted by molar-refractivity contribution is 5.94. The van der Waals surface area contributed by atoms with Gasteiger partial charge in [-0.15, -0.1) is 12.4 Å². The van der Waals surface area contributed by atoms with Crippen molar-refractivity contribution in [1.82, 2.24) is 5.32 Å². The van der Waals surface area contributed by atoms with Gasteiger partial charge in [-0.1, -0.05) is 32.0 Å². The van der Waals surface area contributed by atoms with Crippen LogP contribution in [0.4, 0.5) is 0 Å². The summed E-state index contributed by atoms with van der Waals surface area (Å²) in [5.74, 6) is 0.208. The standard InChI is InChI=1S/C23H30N2O2.ClH/c1-23(2)11-9-19(10-12-23)25-15-16-5-4-6-17(13-16)20-8-7-18(22(24)26)14-21(20)27-3;/h4-8,13-14,19,25H,9-12,15H2,1-3H3,(H2,24,26);1H. The van der Waals surface area contributed by atoms with Gasteiger partial charge in [0.25, 0.3) is 0 Å². The molecule has 0 radical (unpaired) electrons. The first kappa shape index (κ1) is 22.3. The van der Waals surface area contributed by atoms with Crippen molar-refractivity contribution in [1.29, 1.82) is 0 Å². The van der Waals surface area contributed by atoms with Gasteiger partial charge in [0.1, 0.15) is 5.75 Å². The summed E-state index contributed by atoms with van der Waals surface area (Å²) in [6.07, 6.45) is 5.06. The summed E-state index contributed by atoms with van der Waals surface area (Å²) in [5, 5.41) is 3.71. The van der Waals surface area contributed by atoms with Gasteiger partial charge in [-0.2, -0.15) is 0 Å². The highest BCUT2D eigenvalue weighted by Gasteiger charge is 2.26. The lowest BCUT2D eigenvalue weighted by atomic mass is 9.75. The van der Waals surface area contributed by atoms with Crippen LogP contribution in [0, 0.1) is 5.41 Å². The van der Waals surface area contributed by atoms with Crippen LogP contribution in [0.3, 0.4) is 0 Å². The summed E-state index contributed by atoms with van der Waals surface area (Å²) in [6.45, 7) is 5.59. The molecule has 152 valence electrons. The summed E-state index contributed by atoms with van der Waals surface area (Å²) in [6, 6.07) is 14.4. The Morgan fingerprint density at radius 3 is 2.54 bits per heavy atom. The maximum absolute atomic E-state index is 11.4. The molecule has 0 atom stereocenters. The molecule has 3 rings (SSSR count). The van der Waals surface area contributed by atoms with E-state index in [0.29, 0.717) is 22.8 Å². The van der Waals surface area contributed by atoms with E-state index in [0.717, 1.165) is 17.7 Å². The third kappa shape index (κ3) is 5.49. The zero-order valence-corrected chi connectivity index (χ0v) is 17.8. The fourth-order valence-corrected chi connectivity index (χ4v) is 3.80. The smallest absolute Gasteiger partial charge is 0.248 e. The van der Waals surface area contributed by atoms with E-state index in [1.54, 1.807) is 19.2 Å². The Kier molecular flexibility index (Phi) is 7.50. The van der Waals surface area contributed by atoms with Crippen molar-refractivity contribution in [2.24, 2.45) is 11.1 Å². The van der Waals surface area contributed by atoms with Crippen LogP contribution in [0.1, 0.15) is 55.5 Å². The van der Waals surface area contributed by atoms with E-state index in [4.69, 9.17) is 10.5 Å². The van der Waals surface area contributed by atoms with E-state index in [-0.39, 0.29) is 12.4 Å². The normalized spacial score (nSPS) is 16.2. The minimum atomic E-state index is -0.450. The summed E-state index contributed by atoms with van der Waals surface area (Å²) < 4.78 is 5.48. The van der Waals surface area contributed by atoms with Gasteiger partial charge in [-0.3, -0.25) is 4.79 Å². The third-order valence-electron chi connectivity index (χ3n) is 5.66. The van der Waals surface area contributed by atoms with Crippen LogP contribution < -0.4 is 15.8 Å². The van der Waals surface area contributed by atoms with Gasteiger partial charge < -0.3 is 15.8 Å². The Morgan fingerprint density at radius 1 is 1.18 bits per heavy atom. The average molecular weight is 403 g/mol. The summed E-state index contributed by atoms with van der Waals surface area (Å²) in [7, 11) is 1.61. The van der Waals surface area contributed by atoms with E-state index in [1.165, 1.54) is 31.2 Å². The number of carbonyl (C=O) groups excluding carboxylic acids is 1. The van der Waals surface area contributed by atoms with Crippen LogP contribution in [0.25, 0.3) is 11.1 Å². The van der Waals surface area contributed by atoms with Crippen LogP contribution in [0.2, 0.25) is 0 Å². The first-order chi connectivity index (χ1) is 12.9. The van der Waals surface area contributed by atoms with Gasteiger partial charge in [0, 0.05) is 23.7 Å². The molecule has 3 N–H and O–H groups in total. The Morgan fingerprint density at radius 2 is 1.89 bits per heavy atom. The first-order valence-electron chi connectivity index (χ1n) is 9.68.